The third-order valence-electron chi connectivity index (χ3n) is 2.47. The van der Waals surface area contributed by atoms with Gasteiger partial charge >= 0.3 is 0 Å². The van der Waals surface area contributed by atoms with E-state index in [1.807, 2.05) is 31.2 Å². The summed E-state index contributed by atoms with van der Waals surface area (Å²) in [6.07, 6.45) is 0. The topological polar surface area (TPSA) is 98.0 Å². The SMILES string of the molecule is Cc1ccccc1NC(=O)CSc1nnc(SCC(N)=O)s1. The van der Waals surface area contributed by atoms with Gasteiger partial charge in [-0.2, -0.15) is 0 Å². The molecule has 0 fully saturated rings. The van der Waals surface area contributed by atoms with Crippen LogP contribution in [0, 0.1) is 6.92 Å². The van der Waals surface area contributed by atoms with E-state index in [9.17, 15) is 9.59 Å². The highest BCUT2D eigenvalue weighted by Gasteiger charge is 2.10. The Balaban J connectivity index is 1.81. The normalized spacial score (nSPS) is 10.4. The fourth-order valence-corrected chi connectivity index (χ4v) is 4.03. The molecule has 0 aliphatic heterocycles. The number of anilines is 1. The highest BCUT2D eigenvalue weighted by molar-refractivity contribution is 8.03. The molecule has 22 heavy (non-hydrogen) atoms. The first kappa shape index (κ1) is 16.8. The Labute approximate surface area is 140 Å². The Bertz CT molecular complexity index is 675. The molecule has 1 aromatic carbocycles. The molecule has 0 saturated carbocycles. The number of benzene rings is 1. The minimum Gasteiger partial charge on any atom is -0.369 e. The Morgan fingerprint density at radius 1 is 1.18 bits per heavy atom. The number of aromatic nitrogens is 2. The zero-order chi connectivity index (χ0) is 15.9. The van der Waals surface area contributed by atoms with Gasteiger partial charge in [0.2, 0.25) is 11.8 Å². The molecule has 0 bridgehead atoms. The molecule has 9 heteroatoms. The number of primary amides is 1. The molecule has 1 aromatic heterocycles. The average molecular weight is 354 g/mol. The van der Waals surface area contributed by atoms with Crippen molar-refractivity contribution < 1.29 is 9.59 Å². The van der Waals surface area contributed by atoms with Crippen LogP contribution in [-0.4, -0.2) is 33.5 Å². The largest absolute Gasteiger partial charge is 0.369 e. The summed E-state index contributed by atoms with van der Waals surface area (Å²) in [4.78, 5) is 22.6. The van der Waals surface area contributed by atoms with E-state index in [2.05, 4.69) is 15.5 Å². The van der Waals surface area contributed by atoms with Gasteiger partial charge in [-0.3, -0.25) is 9.59 Å². The fourth-order valence-electron chi connectivity index (χ4n) is 1.47. The smallest absolute Gasteiger partial charge is 0.234 e. The molecule has 6 nitrogen and oxygen atoms in total. The van der Waals surface area contributed by atoms with E-state index in [1.165, 1.54) is 34.9 Å². The molecular formula is C13H14N4O2S3. The van der Waals surface area contributed by atoms with Crippen molar-refractivity contribution in [2.75, 3.05) is 16.8 Å². The van der Waals surface area contributed by atoms with Crippen LogP contribution < -0.4 is 11.1 Å². The van der Waals surface area contributed by atoms with E-state index in [1.54, 1.807) is 0 Å². The Kier molecular flexibility index (Phi) is 6.22. The number of hydrogen-bond donors (Lipinski definition) is 2. The summed E-state index contributed by atoms with van der Waals surface area (Å²) in [7, 11) is 0. The lowest BCUT2D eigenvalue weighted by Crippen LogP contribution is -2.14. The monoisotopic (exact) mass is 354 g/mol. The number of para-hydroxylation sites is 1. The van der Waals surface area contributed by atoms with Crippen LogP contribution in [0.15, 0.2) is 32.9 Å². The lowest BCUT2D eigenvalue weighted by atomic mass is 10.2. The minimum atomic E-state index is -0.396. The zero-order valence-corrected chi connectivity index (χ0v) is 14.2. The number of thioether (sulfide) groups is 2. The van der Waals surface area contributed by atoms with Gasteiger partial charge < -0.3 is 11.1 Å². The lowest BCUT2D eigenvalue weighted by Gasteiger charge is -2.06. The Morgan fingerprint density at radius 3 is 2.45 bits per heavy atom. The first-order valence-corrected chi connectivity index (χ1v) is 9.06. The number of nitrogens with zero attached hydrogens (tertiary/aromatic N) is 2. The van der Waals surface area contributed by atoms with Gasteiger partial charge in [0.25, 0.3) is 0 Å². The van der Waals surface area contributed by atoms with Crippen LogP contribution in [0.25, 0.3) is 0 Å². The van der Waals surface area contributed by atoms with E-state index >= 15 is 0 Å². The van der Waals surface area contributed by atoms with Crippen LogP contribution >= 0.6 is 34.9 Å². The second-order valence-electron chi connectivity index (χ2n) is 4.24. The molecular weight excluding hydrogens is 340 g/mol. The summed E-state index contributed by atoms with van der Waals surface area (Å²) >= 11 is 3.90. The van der Waals surface area contributed by atoms with Crippen LogP contribution in [0.3, 0.4) is 0 Å². The van der Waals surface area contributed by atoms with Crippen LogP contribution in [0.1, 0.15) is 5.56 Å². The predicted octanol–water partition coefficient (Wildman–Crippen LogP) is 2.15. The predicted molar refractivity (Wildman–Crippen MR) is 90.4 cm³/mol. The highest BCUT2D eigenvalue weighted by atomic mass is 32.2. The number of carbonyl (C=O) groups excluding carboxylic acids is 2. The standard InChI is InChI=1S/C13H14N4O2S3/c1-8-4-2-3-5-9(8)15-11(19)7-21-13-17-16-12(22-13)20-6-10(14)18/h2-5H,6-7H2,1H3,(H2,14,18)(H,15,19). The van der Waals surface area contributed by atoms with Crippen molar-refractivity contribution in [3.63, 3.8) is 0 Å². The van der Waals surface area contributed by atoms with Gasteiger partial charge in [0.15, 0.2) is 8.68 Å². The van der Waals surface area contributed by atoms with Gasteiger partial charge in [-0.15, -0.1) is 10.2 Å². The van der Waals surface area contributed by atoms with Crippen molar-refractivity contribution >= 4 is 52.4 Å². The molecule has 0 spiro atoms. The third-order valence-corrected chi connectivity index (χ3v) is 5.68. The van der Waals surface area contributed by atoms with Crippen molar-refractivity contribution in [2.24, 2.45) is 5.73 Å². The van der Waals surface area contributed by atoms with Crippen molar-refractivity contribution in [2.45, 2.75) is 15.6 Å². The summed E-state index contributed by atoms with van der Waals surface area (Å²) in [5, 5.41) is 10.8. The third kappa shape index (κ3) is 5.32. The number of nitrogens with two attached hydrogens (primary N) is 1. The second-order valence-corrected chi connectivity index (χ2v) is 7.66. The molecule has 3 N–H and O–H groups in total. The number of aryl methyl sites for hydroxylation is 1. The number of carbonyl (C=O) groups is 2. The van der Waals surface area contributed by atoms with E-state index in [4.69, 9.17) is 5.73 Å². The molecule has 116 valence electrons. The van der Waals surface area contributed by atoms with Crippen molar-refractivity contribution in [1.82, 2.24) is 10.2 Å². The van der Waals surface area contributed by atoms with Crippen LogP contribution in [-0.2, 0) is 9.59 Å². The van der Waals surface area contributed by atoms with Gasteiger partial charge in [-0.05, 0) is 18.6 Å². The van der Waals surface area contributed by atoms with Gasteiger partial charge in [0.05, 0.1) is 11.5 Å². The molecule has 0 saturated heterocycles. The maximum Gasteiger partial charge on any atom is 0.234 e. The molecule has 0 radical (unpaired) electrons. The van der Waals surface area contributed by atoms with Crippen molar-refractivity contribution in [3.05, 3.63) is 29.8 Å². The summed E-state index contributed by atoms with van der Waals surface area (Å²) in [6, 6.07) is 7.60. The van der Waals surface area contributed by atoms with Crippen LogP contribution in [0.4, 0.5) is 5.69 Å². The van der Waals surface area contributed by atoms with Crippen molar-refractivity contribution in [1.29, 1.82) is 0 Å². The van der Waals surface area contributed by atoms with Gasteiger partial charge in [0.1, 0.15) is 0 Å². The van der Waals surface area contributed by atoms with Gasteiger partial charge in [0, 0.05) is 5.69 Å². The maximum atomic E-state index is 11.9. The molecule has 0 atom stereocenters. The van der Waals surface area contributed by atoms with Gasteiger partial charge in [-0.25, -0.2) is 0 Å². The first-order chi connectivity index (χ1) is 10.5. The summed E-state index contributed by atoms with van der Waals surface area (Å²) < 4.78 is 1.35. The van der Waals surface area contributed by atoms with Gasteiger partial charge in [-0.1, -0.05) is 53.1 Å². The molecule has 0 aliphatic rings. The number of rotatable bonds is 7. The summed E-state index contributed by atoms with van der Waals surface area (Å²) in [5.41, 5.74) is 6.89. The van der Waals surface area contributed by atoms with E-state index < -0.39 is 5.91 Å². The quantitative estimate of drug-likeness (QED) is 0.739. The number of amides is 2. The summed E-state index contributed by atoms with van der Waals surface area (Å²) in [6.45, 7) is 1.94. The van der Waals surface area contributed by atoms with E-state index in [-0.39, 0.29) is 17.4 Å². The van der Waals surface area contributed by atoms with Crippen molar-refractivity contribution in [3.8, 4) is 0 Å². The molecule has 2 rings (SSSR count). The number of hydrogen-bond acceptors (Lipinski definition) is 7. The minimum absolute atomic E-state index is 0.0964. The highest BCUT2D eigenvalue weighted by Crippen LogP contribution is 2.28. The fraction of sp³-hybridized carbons (Fsp3) is 0.231. The Hall–Kier alpha value is -1.58. The molecule has 2 aromatic rings. The zero-order valence-electron chi connectivity index (χ0n) is 11.7. The second kappa shape index (κ2) is 8.16. The lowest BCUT2D eigenvalue weighted by molar-refractivity contribution is -0.115. The van der Waals surface area contributed by atoms with E-state index in [0.29, 0.717) is 8.68 Å². The van der Waals surface area contributed by atoms with Crippen LogP contribution in [0.2, 0.25) is 0 Å². The molecule has 1 heterocycles. The molecule has 2 amide bonds. The molecule has 0 aliphatic carbocycles. The average Bonchev–Trinajstić information content (AvgIpc) is 2.93. The maximum absolute atomic E-state index is 11.9. The van der Waals surface area contributed by atoms with E-state index in [0.717, 1.165) is 11.3 Å². The molecule has 0 unspecified atom stereocenters. The number of nitrogens with one attached hydrogen (secondary N) is 1. The van der Waals surface area contributed by atoms with Crippen LogP contribution in [0.5, 0.6) is 0 Å². The summed E-state index contributed by atoms with van der Waals surface area (Å²) in [5.74, 6) is -0.0656. The Morgan fingerprint density at radius 2 is 1.82 bits per heavy atom. The first-order valence-electron chi connectivity index (χ1n) is 6.27.